The Kier molecular flexibility index (Phi) is 10.2. The van der Waals surface area contributed by atoms with Crippen molar-refractivity contribution in [3.63, 3.8) is 0 Å². The van der Waals surface area contributed by atoms with Gasteiger partial charge in [-0.05, 0) is 78.4 Å². The minimum absolute atomic E-state index is 0.0527. The Hall–Kier alpha value is -4.08. The summed E-state index contributed by atoms with van der Waals surface area (Å²) in [6.07, 6.45) is 1.67. The maximum Gasteiger partial charge on any atom is 0.344 e. The molecule has 1 N–H and O–H groups in total. The number of amides is 1. The predicted molar refractivity (Wildman–Crippen MR) is 166 cm³/mol. The summed E-state index contributed by atoms with van der Waals surface area (Å²) in [5.41, 5.74) is 2.13. The maximum absolute atomic E-state index is 12.8. The fraction of sp³-hybridized carbons (Fsp3) is 0.161. The Balaban J connectivity index is 1.68. The molecule has 0 saturated carbocycles. The molecule has 1 heterocycles. The smallest absolute Gasteiger partial charge is 0.344 e. The molecule has 0 atom stereocenters. The highest BCUT2D eigenvalue weighted by atomic mass is 127. The van der Waals surface area contributed by atoms with Crippen LogP contribution in [-0.4, -0.2) is 35.2 Å². The molecule has 1 aliphatic rings. The Labute approximate surface area is 255 Å². The third-order valence-corrected chi connectivity index (χ3v) is 7.55. The number of aliphatic hydroxyl groups excluding tert-OH is 1. The van der Waals surface area contributed by atoms with Gasteiger partial charge in [-0.3, -0.25) is 4.79 Å². The number of halogens is 1. The van der Waals surface area contributed by atoms with Gasteiger partial charge >= 0.3 is 5.97 Å². The normalized spacial score (nSPS) is 14.7. The molecule has 3 aromatic rings. The Bertz CT molecular complexity index is 1610. The second-order valence-electron chi connectivity index (χ2n) is 8.46. The standard InChI is InChI=1S/C31H25IN2O6S/c1-3-38-24-15-19(14-23(32)28(24)40-18-22-13-9-8-12-21(22)17-33)16-25-27(35)26(31(37)39-4-2)30(41-25)34-29(36)20-10-6-5-7-11-20/h5-16,35H,3-4,18H2,1-2H3/b25-16-,34-30?. The lowest BCUT2D eigenvalue weighted by Gasteiger charge is -2.15. The van der Waals surface area contributed by atoms with E-state index in [0.717, 1.165) is 20.9 Å². The van der Waals surface area contributed by atoms with Crippen molar-refractivity contribution in [2.45, 2.75) is 20.5 Å². The van der Waals surface area contributed by atoms with Crippen molar-refractivity contribution in [3.8, 4) is 17.6 Å². The van der Waals surface area contributed by atoms with E-state index in [1.54, 1.807) is 61.5 Å². The lowest BCUT2D eigenvalue weighted by atomic mass is 10.1. The average Bonchev–Trinajstić information content (AvgIpc) is 3.27. The van der Waals surface area contributed by atoms with Crippen LogP contribution in [0.2, 0.25) is 0 Å². The molecular weight excluding hydrogens is 655 g/mol. The van der Waals surface area contributed by atoms with Gasteiger partial charge in [-0.15, -0.1) is 0 Å². The second kappa shape index (κ2) is 14.0. The summed E-state index contributed by atoms with van der Waals surface area (Å²) >= 11 is 3.13. The zero-order chi connectivity index (χ0) is 29.4. The van der Waals surface area contributed by atoms with Gasteiger partial charge in [0.05, 0.1) is 33.3 Å². The Morgan fingerprint density at radius 2 is 1.78 bits per heavy atom. The number of carbonyl (C=O) groups excluding carboxylic acids is 2. The van der Waals surface area contributed by atoms with Gasteiger partial charge < -0.3 is 19.3 Å². The van der Waals surface area contributed by atoms with E-state index in [0.29, 0.717) is 39.7 Å². The predicted octanol–water partition coefficient (Wildman–Crippen LogP) is 6.84. The summed E-state index contributed by atoms with van der Waals surface area (Å²) in [5.74, 6) is -0.646. The molecule has 1 amide bonds. The summed E-state index contributed by atoms with van der Waals surface area (Å²) in [6, 6.07) is 21.4. The minimum Gasteiger partial charge on any atom is -0.506 e. The molecule has 0 unspecified atom stereocenters. The van der Waals surface area contributed by atoms with Crippen molar-refractivity contribution in [3.05, 3.63) is 109 Å². The topological polar surface area (TPSA) is 118 Å². The minimum atomic E-state index is -0.772. The Morgan fingerprint density at radius 1 is 1.05 bits per heavy atom. The van der Waals surface area contributed by atoms with Gasteiger partial charge in [0.1, 0.15) is 23.0 Å². The molecule has 1 aliphatic heterocycles. The number of carbonyl (C=O) groups is 2. The molecule has 0 aliphatic carbocycles. The van der Waals surface area contributed by atoms with Crippen LogP contribution in [0.25, 0.3) is 6.08 Å². The van der Waals surface area contributed by atoms with Crippen LogP contribution in [0.3, 0.4) is 0 Å². The molecule has 10 heteroatoms. The van der Waals surface area contributed by atoms with Gasteiger partial charge in [-0.2, -0.15) is 5.26 Å². The van der Waals surface area contributed by atoms with Gasteiger partial charge in [0.25, 0.3) is 5.91 Å². The first-order chi connectivity index (χ1) is 19.9. The van der Waals surface area contributed by atoms with E-state index in [2.05, 4.69) is 33.7 Å². The first-order valence-electron chi connectivity index (χ1n) is 12.6. The molecule has 0 saturated heterocycles. The molecule has 0 bridgehead atoms. The zero-order valence-corrected chi connectivity index (χ0v) is 25.2. The van der Waals surface area contributed by atoms with Gasteiger partial charge in [0, 0.05) is 11.1 Å². The summed E-state index contributed by atoms with van der Waals surface area (Å²) in [7, 11) is 0. The lowest BCUT2D eigenvalue weighted by molar-refractivity contribution is -0.138. The van der Waals surface area contributed by atoms with Crippen molar-refractivity contribution in [1.82, 2.24) is 0 Å². The monoisotopic (exact) mass is 680 g/mol. The first-order valence-corrected chi connectivity index (χ1v) is 14.5. The molecule has 208 valence electrons. The van der Waals surface area contributed by atoms with E-state index in [1.165, 1.54) is 0 Å². The van der Waals surface area contributed by atoms with E-state index in [1.807, 2.05) is 25.1 Å². The highest BCUT2D eigenvalue weighted by Crippen LogP contribution is 2.41. The maximum atomic E-state index is 12.8. The van der Waals surface area contributed by atoms with Crippen LogP contribution in [0, 0.1) is 14.9 Å². The van der Waals surface area contributed by atoms with Crippen LogP contribution in [0.5, 0.6) is 11.5 Å². The molecule has 4 rings (SSSR count). The van der Waals surface area contributed by atoms with Gasteiger partial charge in [0.2, 0.25) is 0 Å². The molecule has 0 fully saturated rings. The summed E-state index contributed by atoms with van der Waals surface area (Å²) < 4.78 is 17.8. The first kappa shape index (κ1) is 29.9. The molecular formula is C31H25IN2O6S. The number of nitriles is 1. The fourth-order valence-electron chi connectivity index (χ4n) is 3.86. The number of aliphatic hydroxyl groups is 1. The number of rotatable bonds is 9. The van der Waals surface area contributed by atoms with E-state index in [9.17, 15) is 20.0 Å². The molecule has 0 spiro atoms. The van der Waals surface area contributed by atoms with Gasteiger partial charge in [-0.25, -0.2) is 9.79 Å². The number of nitrogens with zero attached hydrogens (tertiary/aromatic N) is 2. The summed E-state index contributed by atoms with van der Waals surface area (Å²) in [6.45, 7) is 4.16. The third kappa shape index (κ3) is 7.17. The van der Waals surface area contributed by atoms with Crippen LogP contribution in [0.1, 0.15) is 40.9 Å². The van der Waals surface area contributed by atoms with E-state index >= 15 is 0 Å². The van der Waals surface area contributed by atoms with Gasteiger partial charge in [-0.1, -0.05) is 48.2 Å². The number of hydrogen-bond donors (Lipinski definition) is 1. The van der Waals surface area contributed by atoms with Crippen molar-refractivity contribution >= 4 is 57.3 Å². The summed E-state index contributed by atoms with van der Waals surface area (Å²) in [4.78, 5) is 30.0. The number of esters is 1. The largest absolute Gasteiger partial charge is 0.506 e. The molecule has 0 radical (unpaired) electrons. The number of benzene rings is 3. The van der Waals surface area contributed by atoms with Crippen molar-refractivity contribution < 1.29 is 28.9 Å². The quantitative estimate of drug-likeness (QED) is 0.193. The van der Waals surface area contributed by atoms with Crippen molar-refractivity contribution in [2.75, 3.05) is 13.2 Å². The van der Waals surface area contributed by atoms with E-state index in [-0.39, 0.29) is 29.6 Å². The highest BCUT2D eigenvalue weighted by Gasteiger charge is 2.34. The molecule has 0 aromatic heterocycles. The number of aliphatic imine (C=N–C) groups is 1. The van der Waals surface area contributed by atoms with Crippen LogP contribution < -0.4 is 9.47 Å². The van der Waals surface area contributed by atoms with Crippen LogP contribution >= 0.6 is 34.4 Å². The van der Waals surface area contributed by atoms with E-state index < -0.39 is 11.9 Å². The second-order valence-corrected chi connectivity index (χ2v) is 10.7. The highest BCUT2D eigenvalue weighted by molar-refractivity contribution is 14.1. The number of hydrogen-bond acceptors (Lipinski definition) is 8. The van der Waals surface area contributed by atoms with Crippen molar-refractivity contribution in [2.24, 2.45) is 4.99 Å². The van der Waals surface area contributed by atoms with Crippen LogP contribution in [-0.2, 0) is 16.1 Å². The van der Waals surface area contributed by atoms with Crippen LogP contribution in [0.15, 0.2) is 88.0 Å². The molecule has 41 heavy (non-hydrogen) atoms. The molecule has 3 aromatic carbocycles. The van der Waals surface area contributed by atoms with Crippen LogP contribution in [0.4, 0.5) is 0 Å². The zero-order valence-electron chi connectivity index (χ0n) is 22.2. The average molecular weight is 681 g/mol. The third-order valence-electron chi connectivity index (χ3n) is 5.73. The lowest BCUT2D eigenvalue weighted by Crippen LogP contribution is -2.14. The number of ether oxygens (including phenoxy) is 3. The van der Waals surface area contributed by atoms with E-state index in [4.69, 9.17) is 14.2 Å². The summed E-state index contributed by atoms with van der Waals surface area (Å²) in [5, 5.41) is 20.5. The fourth-order valence-corrected chi connectivity index (χ4v) is 5.65. The van der Waals surface area contributed by atoms with Crippen molar-refractivity contribution in [1.29, 1.82) is 5.26 Å². The van der Waals surface area contributed by atoms with Gasteiger partial charge in [0.15, 0.2) is 11.5 Å². The SMILES string of the molecule is CCOC(=O)C1=C(O)/C(=C/c2cc(I)c(OCc3ccccc3C#N)c(OCC)c2)SC1=NC(=O)c1ccccc1. The number of thioether (sulfide) groups is 1. The Morgan fingerprint density at radius 3 is 2.49 bits per heavy atom. The molecule has 8 nitrogen and oxygen atoms in total.